The number of amides is 1. The highest BCUT2D eigenvalue weighted by molar-refractivity contribution is 7.22. The molecule has 1 saturated heterocycles. The number of fused-ring (bicyclic) bond motifs is 1. The Hall–Kier alpha value is -3.74. The number of piperidine rings is 1. The van der Waals surface area contributed by atoms with E-state index in [1.54, 1.807) is 20.1 Å². The molecule has 0 bridgehead atoms. The lowest BCUT2D eigenvalue weighted by atomic mass is 10.1. The Morgan fingerprint density at radius 2 is 2.11 bits per heavy atom. The van der Waals surface area contributed by atoms with Crippen molar-refractivity contribution in [2.75, 3.05) is 26.9 Å². The van der Waals surface area contributed by atoms with E-state index in [0.717, 1.165) is 4.57 Å². The fraction of sp³-hybridized carbons (Fsp3) is 0.385. The van der Waals surface area contributed by atoms with Gasteiger partial charge < -0.3 is 24.3 Å². The Bertz CT molecular complexity index is 1570. The molecule has 3 aromatic heterocycles. The van der Waals surface area contributed by atoms with Crippen LogP contribution in [0, 0.1) is 6.92 Å². The van der Waals surface area contributed by atoms with Gasteiger partial charge in [0, 0.05) is 12.1 Å². The number of para-hydroxylation sites is 1. The molecule has 4 heterocycles. The fourth-order valence-electron chi connectivity index (χ4n) is 4.88. The first-order chi connectivity index (χ1) is 18.5. The smallest absolute Gasteiger partial charge is 0.332 e. The first-order valence-corrected chi connectivity index (χ1v) is 13.1. The maximum absolute atomic E-state index is 14.0. The highest BCUT2D eigenvalue weighted by Gasteiger charge is 2.31. The molecule has 1 amide bonds. The van der Waals surface area contributed by atoms with E-state index in [-0.39, 0.29) is 25.7 Å². The third kappa shape index (κ3) is 4.55. The zero-order valence-electron chi connectivity index (χ0n) is 21.0. The minimum absolute atomic E-state index is 0.00923. The fourth-order valence-corrected chi connectivity index (χ4v) is 6.12. The van der Waals surface area contributed by atoms with Crippen LogP contribution in [-0.4, -0.2) is 52.0 Å². The summed E-state index contributed by atoms with van der Waals surface area (Å²) in [5, 5.41) is 12.6. The van der Waals surface area contributed by atoms with Crippen LogP contribution < -0.4 is 21.3 Å². The first kappa shape index (κ1) is 25.9. The van der Waals surface area contributed by atoms with Crippen LogP contribution in [-0.2, 0) is 16.1 Å². The van der Waals surface area contributed by atoms with Gasteiger partial charge in [-0.3, -0.25) is 14.2 Å². The normalized spacial score (nSPS) is 16.5. The van der Waals surface area contributed by atoms with Crippen LogP contribution >= 0.6 is 11.3 Å². The number of aryl methyl sites for hydroxylation is 1. The average Bonchev–Trinajstić information content (AvgIpc) is 3.57. The summed E-state index contributed by atoms with van der Waals surface area (Å²) in [5.74, 6) is 0.532. The van der Waals surface area contributed by atoms with Crippen molar-refractivity contribution < 1.29 is 23.8 Å². The zero-order chi connectivity index (χ0) is 26.8. The van der Waals surface area contributed by atoms with E-state index in [9.17, 15) is 19.5 Å². The number of hydrogen-bond donors (Lipinski definition) is 2. The highest BCUT2D eigenvalue weighted by Crippen LogP contribution is 2.37. The van der Waals surface area contributed by atoms with Gasteiger partial charge in [-0.25, -0.2) is 14.3 Å². The number of carbonyl (C=O) groups excluding carboxylic acids is 1. The van der Waals surface area contributed by atoms with Gasteiger partial charge in [-0.1, -0.05) is 18.2 Å². The van der Waals surface area contributed by atoms with Crippen molar-refractivity contribution in [1.82, 2.24) is 19.4 Å². The van der Waals surface area contributed by atoms with Crippen LogP contribution in [0.2, 0.25) is 0 Å². The monoisotopic (exact) mass is 540 g/mol. The average molecular weight is 541 g/mol. The highest BCUT2D eigenvalue weighted by atomic mass is 32.1. The maximum atomic E-state index is 14.0. The summed E-state index contributed by atoms with van der Waals surface area (Å²) in [6, 6.07) is 6.34. The Labute approximate surface area is 221 Å². The Kier molecular flexibility index (Phi) is 7.45. The minimum Gasteiger partial charge on any atom is -0.496 e. The van der Waals surface area contributed by atoms with Crippen molar-refractivity contribution in [3.8, 4) is 16.5 Å². The van der Waals surface area contributed by atoms with Gasteiger partial charge in [-0.05, 0) is 31.4 Å². The Morgan fingerprint density at radius 1 is 1.29 bits per heavy atom. The topological polar surface area (TPSA) is 138 Å². The van der Waals surface area contributed by atoms with Crippen LogP contribution in [0.15, 0.2) is 50.7 Å². The first-order valence-electron chi connectivity index (χ1n) is 12.3. The summed E-state index contributed by atoms with van der Waals surface area (Å²) in [5.41, 5.74) is 0.149. The van der Waals surface area contributed by atoms with Crippen molar-refractivity contribution in [2.45, 2.75) is 38.5 Å². The summed E-state index contributed by atoms with van der Waals surface area (Å²) >= 11 is 1.22. The van der Waals surface area contributed by atoms with Crippen LogP contribution in [0.4, 0.5) is 0 Å². The quantitative estimate of drug-likeness (QED) is 0.330. The molecule has 1 aromatic carbocycles. The molecule has 200 valence electrons. The molecule has 2 atom stereocenters. The molecule has 0 radical (unpaired) electrons. The van der Waals surface area contributed by atoms with E-state index in [1.807, 2.05) is 18.2 Å². The summed E-state index contributed by atoms with van der Waals surface area (Å²) < 4.78 is 19.6. The number of carbonyl (C=O) groups is 1. The summed E-state index contributed by atoms with van der Waals surface area (Å²) in [6.07, 6.45) is 3.28. The van der Waals surface area contributed by atoms with Crippen molar-refractivity contribution in [3.05, 3.63) is 68.7 Å². The van der Waals surface area contributed by atoms with Crippen LogP contribution in [0.1, 0.15) is 36.1 Å². The second kappa shape index (κ2) is 10.9. The summed E-state index contributed by atoms with van der Waals surface area (Å²) in [4.78, 5) is 45.9. The van der Waals surface area contributed by atoms with Gasteiger partial charge in [-0.2, -0.15) is 0 Å². The molecule has 4 aromatic rings. The van der Waals surface area contributed by atoms with E-state index >= 15 is 0 Å². The number of hydrogen-bond acceptors (Lipinski definition) is 9. The van der Waals surface area contributed by atoms with Crippen molar-refractivity contribution in [2.24, 2.45) is 0 Å². The molecule has 2 N–H and O–H groups in total. The molecule has 0 saturated carbocycles. The lowest BCUT2D eigenvalue weighted by molar-refractivity contribution is -0.126. The lowest BCUT2D eigenvalue weighted by Crippen LogP contribution is -2.49. The van der Waals surface area contributed by atoms with Crippen molar-refractivity contribution >= 4 is 27.5 Å². The zero-order valence-corrected chi connectivity index (χ0v) is 21.8. The number of nitrogens with one attached hydrogen (secondary N) is 1. The van der Waals surface area contributed by atoms with Crippen LogP contribution in [0.25, 0.3) is 21.0 Å². The molecule has 11 nitrogen and oxygen atoms in total. The van der Waals surface area contributed by atoms with Gasteiger partial charge in [0.05, 0.1) is 43.3 Å². The number of oxazole rings is 1. The molecule has 1 aliphatic rings. The number of nitrogens with zero attached hydrogens (tertiary/aromatic N) is 3. The van der Waals surface area contributed by atoms with Gasteiger partial charge in [-0.15, -0.1) is 11.3 Å². The molecule has 12 heteroatoms. The van der Waals surface area contributed by atoms with Gasteiger partial charge in [0.15, 0.2) is 0 Å². The van der Waals surface area contributed by atoms with Gasteiger partial charge in [0.25, 0.3) is 5.56 Å². The third-order valence-corrected chi connectivity index (χ3v) is 7.98. The SMILES string of the molecule is COc1ccccc1C(Cn1c(=O)n(C2CCCNC2=O)c(=O)c2c(C)c(-c3ncco3)sc21)OCCO. The number of rotatable bonds is 9. The minimum atomic E-state index is -0.924. The molecule has 1 aliphatic heterocycles. The van der Waals surface area contributed by atoms with Gasteiger partial charge in [0.1, 0.15) is 29.0 Å². The van der Waals surface area contributed by atoms with E-state index in [4.69, 9.17) is 13.9 Å². The molecular weight excluding hydrogens is 512 g/mol. The number of ether oxygens (including phenoxy) is 2. The van der Waals surface area contributed by atoms with E-state index in [1.165, 1.54) is 28.4 Å². The number of thiophene rings is 1. The predicted octanol–water partition coefficient (Wildman–Crippen LogP) is 2.40. The molecule has 5 rings (SSSR count). The van der Waals surface area contributed by atoms with E-state index in [0.29, 0.717) is 57.2 Å². The second-order valence-corrected chi connectivity index (χ2v) is 9.92. The number of methoxy groups -OCH3 is 1. The van der Waals surface area contributed by atoms with E-state index in [2.05, 4.69) is 10.3 Å². The lowest BCUT2D eigenvalue weighted by Gasteiger charge is -2.25. The van der Waals surface area contributed by atoms with Gasteiger partial charge >= 0.3 is 5.69 Å². The maximum Gasteiger partial charge on any atom is 0.332 e. The predicted molar refractivity (Wildman–Crippen MR) is 141 cm³/mol. The number of aliphatic hydroxyl groups excluding tert-OH is 1. The second-order valence-electron chi connectivity index (χ2n) is 8.92. The Morgan fingerprint density at radius 3 is 2.82 bits per heavy atom. The van der Waals surface area contributed by atoms with Crippen molar-refractivity contribution in [3.63, 3.8) is 0 Å². The standard InChI is InChI=1S/C26H28N4O7S/c1-15-20-24(33)30(17-7-5-9-27-22(17)32)26(34)29(25(20)38-21(15)23-28-10-12-37-23)14-19(36-13-11-31)16-6-3-4-8-18(16)35-2/h3-4,6,8,10,12,17,19,31H,5,7,9,11,13-14H2,1-2H3,(H,27,32). The third-order valence-electron chi connectivity index (χ3n) is 6.68. The summed E-state index contributed by atoms with van der Waals surface area (Å²) in [7, 11) is 1.54. The largest absolute Gasteiger partial charge is 0.496 e. The molecule has 38 heavy (non-hydrogen) atoms. The molecular formula is C26H28N4O7S. The molecule has 1 fully saturated rings. The van der Waals surface area contributed by atoms with Crippen LogP contribution in [0.3, 0.4) is 0 Å². The number of aliphatic hydroxyl groups is 1. The molecule has 2 unspecified atom stereocenters. The number of benzene rings is 1. The van der Waals surface area contributed by atoms with Gasteiger partial charge in [0.2, 0.25) is 11.8 Å². The van der Waals surface area contributed by atoms with E-state index < -0.39 is 23.4 Å². The molecule has 0 spiro atoms. The Balaban J connectivity index is 1.75. The summed E-state index contributed by atoms with van der Waals surface area (Å²) in [6.45, 7) is 2.09. The number of aromatic nitrogens is 3. The van der Waals surface area contributed by atoms with Crippen LogP contribution in [0.5, 0.6) is 5.75 Å². The molecule has 0 aliphatic carbocycles. The van der Waals surface area contributed by atoms with Crippen molar-refractivity contribution in [1.29, 1.82) is 0 Å².